The Morgan fingerprint density at radius 1 is 1.15 bits per heavy atom. The number of hydrogen-bond donors (Lipinski definition) is 1. The molecule has 0 aliphatic heterocycles. The van der Waals surface area contributed by atoms with Gasteiger partial charge in [0.15, 0.2) is 0 Å². The van der Waals surface area contributed by atoms with Crippen LogP contribution in [0, 0.1) is 29.9 Å². The molecule has 3 nitrogen and oxygen atoms in total. The number of aryl methyl sites for hydroxylation is 1. The Bertz CT molecular complexity index is 720. The van der Waals surface area contributed by atoms with Gasteiger partial charge in [-0.15, -0.1) is 0 Å². The summed E-state index contributed by atoms with van der Waals surface area (Å²) in [5, 5.41) is 11.2. The fraction of sp³-hybridized carbons (Fsp3) is 0.0667. The molecule has 0 radical (unpaired) electrons. The predicted molar refractivity (Wildman–Crippen MR) is 70.2 cm³/mol. The molecule has 0 bridgehead atoms. The van der Waals surface area contributed by atoms with E-state index in [0.29, 0.717) is 5.56 Å². The number of nitrogens with one attached hydrogen (secondary N) is 1. The Hall–Kier alpha value is -2.74. The van der Waals surface area contributed by atoms with Crippen LogP contribution in [0.25, 0.3) is 0 Å². The van der Waals surface area contributed by atoms with Crippen molar-refractivity contribution < 1.29 is 13.6 Å². The summed E-state index contributed by atoms with van der Waals surface area (Å²) in [5.41, 5.74) is 0.692. The van der Waals surface area contributed by atoms with Crippen LogP contribution in [-0.4, -0.2) is 5.91 Å². The molecule has 0 aliphatic rings. The molecule has 1 N–H and O–H groups in total. The molecule has 0 fully saturated rings. The third-order valence-corrected chi connectivity index (χ3v) is 2.78. The highest BCUT2D eigenvalue weighted by atomic mass is 19.1. The average molecular weight is 272 g/mol. The fourth-order valence-electron chi connectivity index (χ4n) is 1.63. The number of hydrogen-bond acceptors (Lipinski definition) is 2. The standard InChI is InChI=1S/C15H10F2N2O/c1-9-2-3-10(7-14(9)17)15(20)19-12-4-5-13(16)11(6-12)8-18/h2-7H,1H3,(H,19,20). The maximum absolute atomic E-state index is 13.4. The van der Waals surface area contributed by atoms with Crippen LogP contribution in [0.3, 0.4) is 0 Å². The van der Waals surface area contributed by atoms with E-state index in [-0.39, 0.29) is 16.8 Å². The first-order valence-corrected chi connectivity index (χ1v) is 5.78. The molecule has 2 rings (SSSR count). The lowest BCUT2D eigenvalue weighted by atomic mass is 10.1. The summed E-state index contributed by atoms with van der Waals surface area (Å²) in [6.45, 7) is 1.59. The van der Waals surface area contributed by atoms with Gasteiger partial charge in [-0.3, -0.25) is 4.79 Å². The molecule has 0 atom stereocenters. The lowest BCUT2D eigenvalue weighted by Gasteiger charge is -2.06. The zero-order valence-electron chi connectivity index (χ0n) is 10.6. The molecule has 0 aromatic heterocycles. The van der Waals surface area contributed by atoms with E-state index in [9.17, 15) is 13.6 Å². The molecule has 0 aliphatic carbocycles. The number of nitriles is 1. The Balaban J connectivity index is 2.23. The first-order valence-electron chi connectivity index (χ1n) is 5.78. The molecule has 100 valence electrons. The van der Waals surface area contributed by atoms with Crippen molar-refractivity contribution in [1.29, 1.82) is 5.26 Å². The van der Waals surface area contributed by atoms with Gasteiger partial charge >= 0.3 is 0 Å². The van der Waals surface area contributed by atoms with Gasteiger partial charge in [0.2, 0.25) is 0 Å². The van der Waals surface area contributed by atoms with Gasteiger partial charge in [0, 0.05) is 11.3 Å². The maximum atomic E-state index is 13.4. The van der Waals surface area contributed by atoms with E-state index < -0.39 is 17.5 Å². The number of amides is 1. The predicted octanol–water partition coefficient (Wildman–Crippen LogP) is 3.40. The van der Waals surface area contributed by atoms with Crippen molar-refractivity contribution in [2.75, 3.05) is 5.32 Å². The topological polar surface area (TPSA) is 52.9 Å². The number of nitrogens with zero attached hydrogens (tertiary/aromatic N) is 1. The van der Waals surface area contributed by atoms with Crippen LogP contribution in [0.1, 0.15) is 21.5 Å². The quantitative estimate of drug-likeness (QED) is 0.911. The van der Waals surface area contributed by atoms with Gasteiger partial charge in [-0.05, 0) is 42.8 Å². The largest absolute Gasteiger partial charge is 0.322 e. The summed E-state index contributed by atoms with van der Waals surface area (Å²) in [4.78, 5) is 11.9. The summed E-state index contributed by atoms with van der Waals surface area (Å²) in [6, 6.07) is 9.43. The van der Waals surface area contributed by atoms with Gasteiger partial charge < -0.3 is 5.32 Å². The number of halogens is 2. The van der Waals surface area contributed by atoms with Crippen molar-refractivity contribution in [3.05, 3.63) is 64.7 Å². The van der Waals surface area contributed by atoms with Crippen molar-refractivity contribution in [3.63, 3.8) is 0 Å². The summed E-state index contributed by atoms with van der Waals surface area (Å²) < 4.78 is 26.5. The van der Waals surface area contributed by atoms with Gasteiger partial charge in [0.25, 0.3) is 5.91 Å². The lowest BCUT2D eigenvalue weighted by Crippen LogP contribution is -2.12. The third kappa shape index (κ3) is 2.81. The van der Waals surface area contributed by atoms with Crippen molar-refractivity contribution in [3.8, 4) is 6.07 Å². The molecule has 5 heteroatoms. The highest BCUT2D eigenvalue weighted by Gasteiger charge is 2.10. The summed E-state index contributed by atoms with van der Waals surface area (Å²) >= 11 is 0. The average Bonchev–Trinajstić information content (AvgIpc) is 2.43. The number of carbonyl (C=O) groups excluding carboxylic acids is 1. The van der Waals surface area contributed by atoms with Crippen LogP contribution >= 0.6 is 0 Å². The highest BCUT2D eigenvalue weighted by molar-refractivity contribution is 6.04. The van der Waals surface area contributed by atoms with E-state index in [1.54, 1.807) is 13.0 Å². The van der Waals surface area contributed by atoms with Crippen LogP contribution in [0.4, 0.5) is 14.5 Å². The first kappa shape index (κ1) is 13.7. The first-order chi connectivity index (χ1) is 9.51. The molecule has 0 spiro atoms. The Morgan fingerprint density at radius 3 is 2.55 bits per heavy atom. The van der Waals surface area contributed by atoms with E-state index in [4.69, 9.17) is 5.26 Å². The van der Waals surface area contributed by atoms with Crippen molar-refractivity contribution in [1.82, 2.24) is 0 Å². The second-order valence-corrected chi connectivity index (χ2v) is 4.22. The second kappa shape index (κ2) is 5.49. The highest BCUT2D eigenvalue weighted by Crippen LogP contribution is 2.16. The SMILES string of the molecule is Cc1ccc(C(=O)Nc2ccc(F)c(C#N)c2)cc1F. The number of carbonyl (C=O) groups is 1. The molecule has 2 aromatic carbocycles. The molecule has 0 saturated carbocycles. The van der Waals surface area contributed by atoms with E-state index in [0.717, 1.165) is 12.1 Å². The maximum Gasteiger partial charge on any atom is 0.255 e. The van der Waals surface area contributed by atoms with Crippen molar-refractivity contribution in [2.45, 2.75) is 6.92 Å². The van der Waals surface area contributed by atoms with E-state index in [2.05, 4.69) is 5.32 Å². The van der Waals surface area contributed by atoms with Crippen LogP contribution in [0.2, 0.25) is 0 Å². The molecular formula is C15H10F2N2O. The van der Waals surface area contributed by atoms with Gasteiger partial charge in [0.05, 0.1) is 5.56 Å². The molecule has 20 heavy (non-hydrogen) atoms. The Labute approximate surface area is 114 Å². The van der Waals surface area contributed by atoms with Gasteiger partial charge in [-0.25, -0.2) is 8.78 Å². The summed E-state index contributed by atoms with van der Waals surface area (Å²) in [6.07, 6.45) is 0. The number of rotatable bonds is 2. The van der Waals surface area contributed by atoms with Crippen LogP contribution < -0.4 is 5.32 Å². The summed E-state index contributed by atoms with van der Waals surface area (Å²) in [5.74, 6) is -1.67. The van der Waals surface area contributed by atoms with Crippen molar-refractivity contribution >= 4 is 11.6 Å². The second-order valence-electron chi connectivity index (χ2n) is 4.22. The van der Waals surface area contributed by atoms with E-state index in [1.165, 1.54) is 24.3 Å². The molecular weight excluding hydrogens is 262 g/mol. The number of anilines is 1. The minimum absolute atomic E-state index is 0.149. The number of benzene rings is 2. The zero-order valence-corrected chi connectivity index (χ0v) is 10.6. The zero-order chi connectivity index (χ0) is 14.7. The third-order valence-electron chi connectivity index (χ3n) is 2.78. The van der Waals surface area contributed by atoms with Crippen LogP contribution in [0.5, 0.6) is 0 Å². The Morgan fingerprint density at radius 2 is 1.90 bits per heavy atom. The van der Waals surface area contributed by atoms with Crippen LogP contribution in [0.15, 0.2) is 36.4 Å². The van der Waals surface area contributed by atoms with Crippen molar-refractivity contribution in [2.24, 2.45) is 0 Å². The minimum atomic E-state index is -0.660. The fourth-order valence-corrected chi connectivity index (χ4v) is 1.63. The monoisotopic (exact) mass is 272 g/mol. The smallest absolute Gasteiger partial charge is 0.255 e. The van der Waals surface area contributed by atoms with E-state index in [1.807, 2.05) is 0 Å². The molecule has 2 aromatic rings. The minimum Gasteiger partial charge on any atom is -0.322 e. The lowest BCUT2D eigenvalue weighted by molar-refractivity contribution is 0.102. The Kier molecular flexibility index (Phi) is 3.76. The van der Waals surface area contributed by atoms with Gasteiger partial charge in [0.1, 0.15) is 17.7 Å². The molecule has 1 amide bonds. The summed E-state index contributed by atoms with van der Waals surface area (Å²) in [7, 11) is 0. The molecule has 0 heterocycles. The van der Waals surface area contributed by atoms with E-state index >= 15 is 0 Å². The van der Waals surface area contributed by atoms with Crippen LogP contribution in [-0.2, 0) is 0 Å². The molecule has 0 saturated heterocycles. The van der Waals surface area contributed by atoms with Gasteiger partial charge in [-0.2, -0.15) is 5.26 Å². The van der Waals surface area contributed by atoms with Gasteiger partial charge in [-0.1, -0.05) is 6.07 Å². The molecule has 0 unspecified atom stereocenters. The normalized spacial score (nSPS) is 9.90.